The third-order valence-corrected chi connectivity index (χ3v) is 16.1. The highest BCUT2D eigenvalue weighted by Crippen LogP contribution is 2.50. The highest BCUT2D eigenvalue weighted by atomic mass is 32.1. The summed E-state index contributed by atoms with van der Waals surface area (Å²) < 4.78 is 2.55. The van der Waals surface area contributed by atoms with Gasteiger partial charge >= 0.3 is 0 Å². The summed E-state index contributed by atoms with van der Waals surface area (Å²) in [5.74, 6) is 0. The van der Waals surface area contributed by atoms with E-state index in [1.165, 1.54) is 114 Å². The Morgan fingerprint density at radius 1 is 0.243 bits per heavy atom. The number of hydrogen-bond donors (Lipinski definition) is 0. The Morgan fingerprint density at radius 3 is 1.36 bits per heavy atom. The number of anilines is 3. The van der Waals surface area contributed by atoms with Crippen molar-refractivity contribution in [1.82, 2.24) is 0 Å². The Balaban J connectivity index is 0.910. The Labute approximate surface area is 435 Å². The van der Waals surface area contributed by atoms with Crippen LogP contribution in [-0.4, -0.2) is 0 Å². The highest BCUT2D eigenvalue weighted by Gasteiger charge is 2.23. The third-order valence-electron chi connectivity index (χ3n) is 14.9. The van der Waals surface area contributed by atoms with Gasteiger partial charge in [-0.15, -0.1) is 11.3 Å². The lowest BCUT2D eigenvalue weighted by Gasteiger charge is -2.27. The lowest BCUT2D eigenvalue weighted by molar-refractivity contribution is 1.30. The SMILES string of the molecule is c1cc(-c2ccc(N(c3ccc(-c4ccccc4-c4ccccc4-c4cccc5ccccc45)cc3)c3ccc(-c4cccc5ccccc45)c4sc5ccccc5c34)cc2)cc(-c2ccc3ccccc3c2)c1. The molecule has 0 saturated carbocycles. The fourth-order valence-corrected chi connectivity index (χ4v) is 12.6. The molecule has 0 N–H and O–H groups in total. The van der Waals surface area contributed by atoms with Crippen LogP contribution in [0.25, 0.3) is 119 Å². The van der Waals surface area contributed by atoms with Gasteiger partial charge in [0.2, 0.25) is 0 Å². The molecule has 346 valence electrons. The number of hydrogen-bond acceptors (Lipinski definition) is 2. The molecule has 0 saturated heterocycles. The van der Waals surface area contributed by atoms with Gasteiger partial charge in [-0.3, -0.25) is 0 Å². The van der Waals surface area contributed by atoms with Crippen molar-refractivity contribution in [3.05, 3.63) is 285 Å². The van der Waals surface area contributed by atoms with E-state index in [1.54, 1.807) is 0 Å². The van der Waals surface area contributed by atoms with Gasteiger partial charge in [0.1, 0.15) is 0 Å². The molecule has 14 aromatic rings. The molecule has 0 aliphatic heterocycles. The Kier molecular flexibility index (Phi) is 10.8. The Hall–Kier alpha value is -9.34. The third kappa shape index (κ3) is 7.63. The maximum atomic E-state index is 2.47. The molecule has 0 radical (unpaired) electrons. The van der Waals surface area contributed by atoms with Crippen molar-refractivity contribution in [3.8, 4) is 66.8 Å². The van der Waals surface area contributed by atoms with Gasteiger partial charge in [-0.05, 0) is 142 Å². The van der Waals surface area contributed by atoms with E-state index in [0.29, 0.717) is 0 Å². The van der Waals surface area contributed by atoms with Crippen LogP contribution in [0.15, 0.2) is 285 Å². The van der Waals surface area contributed by atoms with Gasteiger partial charge in [-0.1, -0.05) is 237 Å². The molecule has 0 atom stereocenters. The molecule has 0 aliphatic carbocycles. The zero-order valence-electron chi connectivity index (χ0n) is 40.5. The van der Waals surface area contributed by atoms with E-state index in [1.807, 2.05) is 11.3 Å². The largest absolute Gasteiger partial charge is 0.310 e. The van der Waals surface area contributed by atoms with Gasteiger partial charge in [-0.25, -0.2) is 0 Å². The second-order valence-corrected chi connectivity index (χ2v) is 20.2. The molecule has 1 heterocycles. The molecule has 0 aliphatic rings. The van der Waals surface area contributed by atoms with Crippen molar-refractivity contribution in [2.75, 3.05) is 4.90 Å². The second-order valence-electron chi connectivity index (χ2n) is 19.2. The van der Waals surface area contributed by atoms with Crippen molar-refractivity contribution in [3.63, 3.8) is 0 Å². The summed E-state index contributed by atoms with van der Waals surface area (Å²) >= 11 is 1.89. The predicted molar refractivity (Wildman–Crippen MR) is 319 cm³/mol. The second kappa shape index (κ2) is 18.4. The molecular weight excluding hydrogens is 911 g/mol. The van der Waals surface area contributed by atoms with Gasteiger partial charge in [0.15, 0.2) is 0 Å². The van der Waals surface area contributed by atoms with Crippen LogP contribution in [-0.2, 0) is 0 Å². The zero-order chi connectivity index (χ0) is 49.0. The summed E-state index contributed by atoms with van der Waals surface area (Å²) in [7, 11) is 0. The van der Waals surface area contributed by atoms with Crippen LogP contribution in [0.2, 0.25) is 0 Å². The summed E-state index contributed by atoms with van der Waals surface area (Å²) in [5, 5.41) is 10.0. The van der Waals surface area contributed by atoms with Crippen LogP contribution in [0.1, 0.15) is 0 Å². The Morgan fingerprint density at radius 2 is 0.689 bits per heavy atom. The molecule has 1 aromatic heterocycles. The Bertz CT molecular complexity index is 4420. The molecule has 1 nitrogen and oxygen atoms in total. The number of nitrogens with zero attached hydrogens (tertiary/aromatic N) is 1. The number of rotatable bonds is 9. The minimum atomic E-state index is 1.09. The van der Waals surface area contributed by atoms with E-state index < -0.39 is 0 Å². The smallest absolute Gasteiger partial charge is 0.0555 e. The average Bonchev–Trinajstić information content (AvgIpc) is 3.88. The quantitative estimate of drug-likeness (QED) is 0.139. The normalized spacial score (nSPS) is 11.5. The molecular formula is C72H47NS. The predicted octanol–water partition coefficient (Wildman–Crippen LogP) is 21.0. The molecule has 74 heavy (non-hydrogen) atoms. The summed E-state index contributed by atoms with van der Waals surface area (Å²) in [5.41, 5.74) is 17.8. The molecule has 0 fully saturated rings. The van der Waals surface area contributed by atoms with Gasteiger partial charge < -0.3 is 4.90 Å². The van der Waals surface area contributed by atoms with Gasteiger partial charge in [-0.2, -0.15) is 0 Å². The molecule has 2 heteroatoms. The van der Waals surface area contributed by atoms with Crippen molar-refractivity contribution in [1.29, 1.82) is 0 Å². The lowest BCUT2D eigenvalue weighted by atomic mass is 9.88. The van der Waals surface area contributed by atoms with Gasteiger partial charge in [0, 0.05) is 37.1 Å². The van der Waals surface area contributed by atoms with Crippen molar-refractivity contribution in [2.45, 2.75) is 0 Å². The first-order valence-corrected chi connectivity index (χ1v) is 26.2. The van der Waals surface area contributed by atoms with E-state index in [2.05, 4.69) is 290 Å². The molecule has 13 aromatic carbocycles. The maximum Gasteiger partial charge on any atom is 0.0555 e. The van der Waals surface area contributed by atoms with Crippen LogP contribution in [0.5, 0.6) is 0 Å². The fourth-order valence-electron chi connectivity index (χ4n) is 11.3. The zero-order valence-corrected chi connectivity index (χ0v) is 41.3. The number of benzene rings is 13. The van der Waals surface area contributed by atoms with Gasteiger partial charge in [0.25, 0.3) is 0 Å². The van der Waals surface area contributed by atoms with E-state index in [9.17, 15) is 0 Å². The summed E-state index contributed by atoms with van der Waals surface area (Å²) in [6, 6.07) is 105. The molecule has 0 spiro atoms. The first-order valence-electron chi connectivity index (χ1n) is 25.4. The average molecular weight is 958 g/mol. The number of thiophene rings is 1. The monoisotopic (exact) mass is 957 g/mol. The summed E-state index contributed by atoms with van der Waals surface area (Å²) in [6.07, 6.45) is 0. The molecule has 0 bridgehead atoms. The van der Waals surface area contributed by atoms with E-state index in [-0.39, 0.29) is 0 Å². The van der Waals surface area contributed by atoms with Crippen LogP contribution in [0.4, 0.5) is 17.1 Å². The van der Waals surface area contributed by atoms with Gasteiger partial charge in [0.05, 0.1) is 5.69 Å². The number of fused-ring (bicyclic) bond motifs is 6. The highest BCUT2D eigenvalue weighted by molar-refractivity contribution is 7.26. The van der Waals surface area contributed by atoms with Crippen molar-refractivity contribution >= 4 is 80.9 Å². The molecule has 14 rings (SSSR count). The van der Waals surface area contributed by atoms with Crippen LogP contribution >= 0.6 is 11.3 Å². The minimum Gasteiger partial charge on any atom is -0.310 e. The van der Waals surface area contributed by atoms with E-state index in [4.69, 9.17) is 0 Å². The van der Waals surface area contributed by atoms with Crippen LogP contribution in [0.3, 0.4) is 0 Å². The van der Waals surface area contributed by atoms with E-state index in [0.717, 1.165) is 22.6 Å². The summed E-state index contributed by atoms with van der Waals surface area (Å²) in [6.45, 7) is 0. The first-order chi connectivity index (χ1) is 36.7. The lowest BCUT2D eigenvalue weighted by Crippen LogP contribution is -2.10. The molecule has 0 amide bonds. The summed E-state index contributed by atoms with van der Waals surface area (Å²) in [4.78, 5) is 2.47. The fraction of sp³-hybridized carbons (Fsp3) is 0. The van der Waals surface area contributed by atoms with Crippen molar-refractivity contribution in [2.24, 2.45) is 0 Å². The maximum absolute atomic E-state index is 2.47. The first kappa shape index (κ1) is 43.4. The van der Waals surface area contributed by atoms with Crippen LogP contribution in [0, 0.1) is 0 Å². The van der Waals surface area contributed by atoms with Crippen LogP contribution < -0.4 is 4.90 Å². The molecule has 0 unspecified atom stereocenters. The minimum absolute atomic E-state index is 1.09. The standard InChI is InChI=1S/C72H47NS/c1-2-19-53-47-56(35-34-48(53)16-1)55-23-13-22-54(46-55)49-36-40-57(41-37-49)73(69-45-44-67(64-32-15-21-51-18-4-6-25-60(51)64)72-71(69)68-30-11-12-33-70(68)74-72)58-42-38-52(39-43-58)61-26-7-8-27-62(61)65-28-9-10-29-66(65)63-31-14-20-50-17-3-5-24-59(50)63/h1-47H. The van der Waals surface area contributed by atoms with E-state index >= 15 is 0 Å². The van der Waals surface area contributed by atoms with Crippen molar-refractivity contribution < 1.29 is 0 Å². The topological polar surface area (TPSA) is 3.24 Å².